The summed E-state index contributed by atoms with van der Waals surface area (Å²) in [4.78, 5) is -0.658. The van der Waals surface area contributed by atoms with Gasteiger partial charge < -0.3 is 5.43 Å². The Morgan fingerprint density at radius 2 is 1.26 bits per heavy atom. The molecule has 0 radical (unpaired) electrons. The first kappa shape index (κ1) is 26.8. The van der Waals surface area contributed by atoms with Gasteiger partial charge in [-0.2, -0.15) is 15.3 Å². The lowest BCUT2D eigenvalue weighted by atomic mass is 10.1. The SMILES string of the molecule is CC(C)(C)N=NC(C)(Cl)Cc1ccccc1.CC(Cc1ccccc1)=NNC(C)(C)C. The first-order chi connectivity index (χ1) is 14.3. The number of hydrazone groups is 1. The van der Waals surface area contributed by atoms with E-state index in [0.717, 1.165) is 12.1 Å². The van der Waals surface area contributed by atoms with E-state index in [9.17, 15) is 0 Å². The van der Waals surface area contributed by atoms with E-state index < -0.39 is 5.00 Å². The Morgan fingerprint density at radius 1 is 0.774 bits per heavy atom. The van der Waals surface area contributed by atoms with Crippen LogP contribution in [0.1, 0.15) is 66.5 Å². The number of hydrogen-bond acceptors (Lipinski definition) is 4. The van der Waals surface area contributed by atoms with Gasteiger partial charge in [0.15, 0.2) is 5.00 Å². The molecule has 0 aromatic heterocycles. The van der Waals surface area contributed by atoms with Crippen LogP contribution in [0.15, 0.2) is 76.0 Å². The van der Waals surface area contributed by atoms with Crippen LogP contribution in [-0.2, 0) is 12.8 Å². The molecule has 31 heavy (non-hydrogen) atoms. The topological polar surface area (TPSA) is 49.1 Å². The van der Waals surface area contributed by atoms with E-state index in [1.807, 2.05) is 71.0 Å². The van der Waals surface area contributed by atoms with E-state index in [2.05, 4.69) is 65.8 Å². The molecular weight excluding hydrogens is 404 g/mol. The molecule has 4 nitrogen and oxygen atoms in total. The van der Waals surface area contributed by atoms with E-state index in [1.54, 1.807) is 0 Å². The Kier molecular flexibility index (Phi) is 10.4. The number of hydrogen-bond donors (Lipinski definition) is 1. The Hall–Kier alpha value is -2.20. The fourth-order valence-electron chi connectivity index (χ4n) is 2.45. The molecule has 0 aliphatic rings. The highest BCUT2D eigenvalue weighted by molar-refractivity contribution is 6.23. The van der Waals surface area contributed by atoms with Crippen LogP contribution in [0.3, 0.4) is 0 Å². The van der Waals surface area contributed by atoms with Gasteiger partial charge in [0.25, 0.3) is 0 Å². The number of alkyl halides is 1. The lowest BCUT2D eigenvalue weighted by Gasteiger charge is -2.18. The molecule has 2 aromatic carbocycles. The van der Waals surface area contributed by atoms with Crippen molar-refractivity contribution >= 4 is 17.3 Å². The van der Waals surface area contributed by atoms with Crippen LogP contribution < -0.4 is 5.43 Å². The molecule has 0 bridgehead atoms. The van der Waals surface area contributed by atoms with Crippen molar-refractivity contribution in [3.05, 3.63) is 71.8 Å². The van der Waals surface area contributed by atoms with Gasteiger partial charge >= 0.3 is 0 Å². The van der Waals surface area contributed by atoms with Crippen molar-refractivity contribution in [2.75, 3.05) is 0 Å². The van der Waals surface area contributed by atoms with E-state index in [1.165, 1.54) is 11.1 Å². The maximum Gasteiger partial charge on any atom is 0.155 e. The second kappa shape index (κ2) is 12.0. The van der Waals surface area contributed by atoms with Gasteiger partial charge in [-0.05, 0) is 66.5 Å². The fraction of sp³-hybridized carbons (Fsp3) is 0.500. The molecule has 1 unspecified atom stereocenters. The minimum Gasteiger partial charge on any atom is -0.305 e. The van der Waals surface area contributed by atoms with Crippen LogP contribution in [0.4, 0.5) is 0 Å². The van der Waals surface area contributed by atoms with Gasteiger partial charge in [-0.3, -0.25) is 0 Å². The molecule has 0 heterocycles. The third-order valence-electron chi connectivity index (χ3n) is 3.81. The van der Waals surface area contributed by atoms with Crippen LogP contribution in [0.5, 0.6) is 0 Å². The van der Waals surface area contributed by atoms with Crippen LogP contribution in [0.25, 0.3) is 0 Å². The van der Waals surface area contributed by atoms with Gasteiger partial charge in [0.1, 0.15) is 0 Å². The molecule has 0 saturated carbocycles. The van der Waals surface area contributed by atoms with Gasteiger partial charge in [0.2, 0.25) is 0 Å². The third kappa shape index (κ3) is 14.4. The Labute approximate surface area is 194 Å². The first-order valence-corrected chi connectivity index (χ1v) is 11.1. The summed E-state index contributed by atoms with van der Waals surface area (Å²) in [6.07, 6.45) is 1.60. The van der Waals surface area contributed by atoms with Crippen LogP contribution >= 0.6 is 11.6 Å². The van der Waals surface area contributed by atoms with Gasteiger partial charge in [-0.15, -0.1) is 0 Å². The summed E-state index contributed by atoms with van der Waals surface area (Å²) in [6.45, 7) is 16.3. The lowest BCUT2D eigenvalue weighted by molar-refractivity contribution is 0.440. The average Bonchev–Trinajstić information content (AvgIpc) is 2.66. The van der Waals surface area contributed by atoms with E-state index in [-0.39, 0.29) is 11.1 Å². The Balaban J connectivity index is 0.000000311. The maximum absolute atomic E-state index is 6.32. The average molecular weight is 443 g/mol. The lowest BCUT2D eigenvalue weighted by Crippen LogP contribution is -2.32. The largest absolute Gasteiger partial charge is 0.305 e. The summed E-state index contributed by atoms with van der Waals surface area (Å²) in [5.74, 6) is 0. The molecule has 0 fully saturated rings. The molecule has 5 heteroatoms. The number of halogens is 1. The Bertz CT molecular complexity index is 814. The summed E-state index contributed by atoms with van der Waals surface area (Å²) in [5.41, 5.74) is 6.58. The highest BCUT2D eigenvalue weighted by atomic mass is 35.5. The normalized spacial score (nSPS) is 14.5. The molecule has 0 aliphatic carbocycles. The number of azo groups is 1. The number of benzene rings is 2. The Morgan fingerprint density at radius 3 is 1.71 bits per heavy atom. The standard InChI is InChI=1S/C13H19ClN2.C13H20N2/c1-12(2,3)15-16-13(4,14)10-11-8-6-5-7-9-11;1-11(14-15-13(2,3)4)10-12-8-6-5-7-9-12/h5-9H,10H2,1-4H3;5-9,15H,10H2,1-4H3. The molecule has 1 atom stereocenters. The third-order valence-corrected chi connectivity index (χ3v) is 4.02. The van der Waals surface area contributed by atoms with Crippen molar-refractivity contribution < 1.29 is 0 Å². The van der Waals surface area contributed by atoms with Crippen molar-refractivity contribution in [3.63, 3.8) is 0 Å². The van der Waals surface area contributed by atoms with E-state index in [4.69, 9.17) is 11.6 Å². The highest BCUT2D eigenvalue weighted by Crippen LogP contribution is 2.24. The second-order valence-electron chi connectivity index (χ2n) is 10.0. The second-order valence-corrected chi connectivity index (χ2v) is 10.9. The molecule has 0 saturated heterocycles. The molecule has 0 spiro atoms. The molecule has 170 valence electrons. The summed E-state index contributed by atoms with van der Waals surface area (Å²) in [5, 5.41) is 12.8. The highest BCUT2D eigenvalue weighted by Gasteiger charge is 2.21. The van der Waals surface area contributed by atoms with E-state index >= 15 is 0 Å². The van der Waals surface area contributed by atoms with Crippen molar-refractivity contribution in [2.24, 2.45) is 15.3 Å². The summed E-state index contributed by atoms with van der Waals surface area (Å²) in [7, 11) is 0. The minimum absolute atomic E-state index is 0.0396. The van der Waals surface area contributed by atoms with Crippen molar-refractivity contribution in [1.29, 1.82) is 0 Å². The number of nitrogens with one attached hydrogen (secondary N) is 1. The molecule has 0 amide bonds. The smallest absolute Gasteiger partial charge is 0.155 e. The summed E-state index contributed by atoms with van der Waals surface area (Å²) < 4.78 is 0. The van der Waals surface area contributed by atoms with Crippen LogP contribution in [-0.4, -0.2) is 21.8 Å². The van der Waals surface area contributed by atoms with Gasteiger partial charge in [0, 0.05) is 24.1 Å². The fourth-order valence-corrected chi connectivity index (χ4v) is 2.64. The summed E-state index contributed by atoms with van der Waals surface area (Å²) >= 11 is 6.32. The van der Waals surface area contributed by atoms with Crippen LogP contribution in [0.2, 0.25) is 0 Å². The number of rotatable bonds is 6. The zero-order chi connectivity index (χ0) is 23.5. The van der Waals surface area contributed by atoms with Gasteiger partial charge in [-0.1, -0.05) is 72.3 Å². The maximum atomic E-state index is 6.32. The first-order valence-electron chi connectivity index (χ1n) is 10.8. The van der Waals surface area contributed by atoms with Crippen LogP contribution in [0, 0.1) is 0 Å². The van der Waals surface area contributed by atoms with E-state index in [0.29, 0.717) is 6.42 Å². The molecule has 0 aliphatic heterocycles. The molecule has 2 aromatic rings. The quantitative estimate of drug-likeness (QED) is 0.163. The number of nitrogens with zero attached hydrogens (tertiary/aromatic N) is 3. The van der Waals surface area contributed by atoms with Gasteiger partial charge in [-0.25, -0.2) is 0 Å². The predicted octanol–water partition coefficient (Wildman–Crippen LogP) is 7.43. The monoisotopic (exact) mass is 442 g/mol. The summed E-state index contributed by atoms with van der Waals surface area (Å²) in [6, 6.07) is 20.5. The minimum atomic E-state index is -0.658. The van der Waals surface area contributed by atoms with Crippen molar-refractivity contribution in [1.82, 2.24) is 5.43 Å². The molecule has 1 N–H and O–H groups in total. The zero-order valence-electron chi connectivity index (χ0n) is 20.4. The molecular formula is C26H39ClN4. The van der Waals surface area contributed by atoms with Crippen molar-refractivity contribution in [2.45, 2.75) is 84.3 Å². The van der Waals surface area contributed by atoms with Crippen molar-refractivity contribution in [3.8, 4) is 0 Å². The predicted molar refractivity (Wildman–Crippen MR) is 135 cm³/mol. The molecule has 2 rings (SSSR count). The zero-order valence-corrected chi connectivity index (χ0v) is 21.2. The van der Waals surface area contributed by atoms with Gasteiger partial charge in [0.05, 0.1) is 5.54 Å².